The zero-order valence-corrected chi connectivity index (χ0v) is 12.9. The van der Waals surface area contributed by atoms with Gasteiger partial charge >= 0.3 is 0 Å². The summed E-state index contributed by atoms with van der Waals surface area (Å²) in [6.07, 6.45) is 1.10. The minimum atomic E-state index is 0.00788. The van der Waals surface area contributed by atoms with Crippen LogP contribution in [0.2, 0.25) is 0 Å². The normalized spacial score (nSPS) is 17.8. The third-order valence-corrected chi connectivity index (χ3v) is 3.79. The maximum Gasteiger partial charge on any atom is 0.234 e. The van der Waals surface area contributed by atoms with Crippen LogP contribution in [-0.4, -0.2) is 50.6 Å². The summed E-state index contributed by atoms with van der Waals surface area (Å²) in [4.78, 5) is 14.3. The Labute approximate surface area is 126 Å². The molecule has 0 aromatic heterocycles. The summed E-state index contributed by atoms with van der Waals surface area (Å²) in [7, 11) is 1.65. The Bertz CT molecular complexity index is 439. The van der Waals surface area contributed by atoms with Gasteiger partial charge in [0.2, 0.25) is 5.91 Å². The third kappa shape index (κ3) is 5.02. The molecule has 1 aliphatic heterocycles. The highest BCUT2D eigenvalue weighted by Gasteiger charge is 2.15. The van der Waals surface area contributed by atoms with Gasteiger partial charge in [0, 0.05) is 13.1 Å². The number of rotatable bonds is 5. The van der Waals surface area contributed by atoms with Gasteiger partial charge in [-0.05, 0) is 44.1 Å². The zero-order valence-electron chi connectivity index (χ0n) is 12.9. The average molecular weight is 291 g/mol. The Morgan fingerprint density at radius 3 is 2.81 bits per heavy atom. The van der Waals surface area contributed by atoms with E-state index in [0.717, 1.165) is 43.9 Å². The van der Waals surface area contributed by atoms with Gasteiger partial charge in [-0.25, -0.2) is 0 Å². The van der Waals surface area contributed by atoms with Gasteiger partial charge < -0.3 is 15.4 Å². The van der Waals surface area contributed by atoms with Crippen LogP contribution >= 0.6 is 0 Å². The molecule has 2 rings (SSSR count). The molecule has 116 valence electrons. The Morgan fingerprint density at radius 2 is 2.10 bits per heavy atom. The van der Waals surface area contributed by atoms with E-state index in [0.29, 0.717) is 6.54 Å². The predicted octanol–water partition coefficient (Wildman–Crippen LogP) is 1.17. The number of amides is 1. The molecule has 0 spiro atoms. The van der Waals surface area contributed by atoms with Crippen LogP contribution < -0.4 is 15.4 Å². The molecular formula is C16H25N3O2. The Hall–Kier alpha value is -1.59. The van der Waals surface area contributed by atoms with Crippen molar-refractivity contribution in [3.05, 3.63) is 29.8 Å². The number of carbonyl (C=O) groups excluding carboxylic acids is 1. The van der Waals surface area contributed by atoms with Crippen molar-refractivity contribution in [3.8, 4) is 5.75 Å². The van der Waals surface area contributed by atoms with Crippen molar-refractivity contribution in [1.82, 2.24) is 15.5 Å². The van der Waals surface area contributed by atoms with Crippen LogP contribution in [0, 0.1) is 0 Å². The molecule has 1 atom stereocenters. The van der Waals surface area contributed by atoms with E-state index in [9.17, 15) is 4.79 Å². The van der Waals surface area contributed by atoms with Gasteiger partial charge in [0.1, 0.15) is 5.75 Å². The summed E-state index contributed by atoms with van der Waals surface area (Å²) < 4.78 is 5.14. The number of nitrogens with zero attached hydrogens (tertiary/aromatic N) is 1. The lowest BCUT2D eigenvalue weighted by Gasteiger charge is -2.21. The summed E-state index contributed by atoms with van der Waals surface area (Å²) in [5, 5.41) is 6.40. The van der Waals surface area contributed by atoms with E-state index >= 15 is 0 Å². The molecule has 1 saturated heterocycles. The molecule has 1 aromatic rings. The molecule has 21 heavy (non-hydrogen) atoms. The first kappa shape index (κ1) is 15.8. The molecule has 2 N–H and O–H groups in total. The van der Waals surface area contributed by atoms with Gasteiger partial charge in [0.25, 0.3) is 0 Å². The monoisotopic (exact) mass is 291 g/mol. The van der Waals surface area contributed by atoms with Crippen molar-refractivity contribution in [2.24, 2.45) is 0 Å². The Kier molecular flexibility index (Phi) is 6.02. The molecular weight excluding hydrogens is 266 g/mol. The summed E-state index contributed by atoms with van der Waals surface area (Å²) in [6.45, 7) is 6.40. The highest BCUT2D eigenvalue weighted by Crippen LogP contribution is 2.17. The second kappa shape index (κ2) is 8.00. The number of benzene rings is 1. The highest BCUT2D eigenvalue weighted by atomic mass is 16.5. The fourth-order valence-electron chi connectivity index (χ4n) is 2.53. The number of nitrogens with one attached hydrogen (secondary N) is 2. The average Bonchev–Trinajstić information content (AvgIpc) is 2.75. The van der Waals surface area contributed by atoms with E-state index in [-0.39, 0.29) is 11.9 Å². The lowest BCUT2D eigenvalue weighted by Crippen LogP contribution is -2.39. The standard InChI is InChI=1S/C16H25N3O2/c1-13(14-4-6-15(21-2)7-5-14)18-16(20)12-19-10-3-8-17-9-11-19/h4-7,13,17H,3,8-12H2,1-2H3,(H,18,20)/t13-/m1/s1. The van der Waals surface area contributed by atoms with Crippen LogP contribution in [0.4, 0.5) is 0 Å². The largest absolute Gasteiger partial charge is 0.497 e. The van der Waals surface area contributed by atoms with Gasteiger partial charge in [0.15, 0.2) is 0 Å². The lowest BCUT2D eigenvalue weighted by molar-refractivity contribution is -0.122. The second-order valence-electron chi connectivity index (χ2n) is 5.44. The number of methoxy groups -OCH3 is 1. The molecule has 1 aliphatic rings. The van der Waals surface area contributed by atoms with Crippen molar-refractivity contribution in [2.75, 3.05) is 39.8 Å². The van der Waals surface area contributed by atoms with E-state index in [2.05, 4.69) is 15.5 Å². The van der Waals surface area contributed by atoms with Crippen LogP contribution in [0.5, 0.6) is 5.75 Å². The number of ether oxygens (including phenoxy) is 1. The lowest BCUT2D eigenvalue weighted by atomic mass is 10.1. The van der Waals surface area contributed by atoms with E-state index in [1.807, 2.05) is 31.2 Å². The fourth-order valence-corrected chi connectivity index (χ4v) is 2.53. The molecule has 1 fully saturated rings. The molecule has 0 saturated carbocycles. The van der Waals surface area contributed by atoms with Crippen LogP contribution in [0.3, 0.4) is 0 Å². The molecule has 5 nitrogen and oxygen atoms in total. The molecule has 5 heteroatoms. The van der Waals surface area contributed by atoms with Crippen molar-refractivity contribution in [1.29, 1.82) is 0 Å². The molecule has 1 heterocycles. The van der Waals surface area contributed by atoms with Gasteiger partial charge in [0.05, 0.1) is 19.7 Å². The molecule has 0 unspecified atom stereocenters. The van der Waals surface area contributed by atoms with Crippen molar-refractivity contribution < 1.29 is 9.53 Å². The summed E-state index contributed by atoms with van der Waals surface area (Å²) in [5.41, 5.74) is 1.08. The van der Waals surface area contributed by atoms with Crippen LogP contribution in [0.1, 0.15) is 24.9 Å². The predicted molar refractivity (Wildman–Crippen MR) is 83.5 cm³/mol. The first-order chi connectivity index (χ1) is 10.2. The summed E-state index contributed by atoms with van der Waals surface area (Å²) in [5.74, 6) is 0.912. The van der Waals surface area contributed by atoms with Gasteiger partial charge in [-0.3, -0.25) is 9.69 Å². The first-order valence-electron chi connectivity index (χ1n) is 7.55. The van der Waals surface area contributed by atoms with Crippen molar-refractivity contribution in [2.45, 2.75) is 19.4 Å². The maximum atomic E-state index is 12.1. The molecule has 0 bridgehead atoms. The molecule has 0 aliphatic carbocycles. The summed E-state index contributed by atoms with van der Waals surface area (Å²) >= 11 is 0. The highest BCUT2D eigenvalue weighted by molar-refractivity contribution is 5.78. The first-order valence-corrected chi connectivity index (χ1v) is 7.55. The van der Waals surface area contributed by atoms with Gasteiger partial charge in [-0.1, -0.05) is 12.1 Å². The minimum absolute atomic E-state index is 0.00788. The van der Waals surface area contributed by atoms with E-state index in [4.69, 9.17) is 4.74 Å². The number of hydrogen-bond acceptors (Lipinski definition) is 4. The smallest absolute Gasteiger partial charge is 0.234 e. The number of hydrogen-bond donors (Lipinski definition) is 2. The van der Waals surface area contributed by atoms with E-state index in [1.54, 1.807) is 7.11 Å². The molecule has 1 amide bonds. The van der Waals surface area contributed by atoms with Crippen LogP contribution in [-0.2, 0) is 4.79 Å². The van der Waals surface area contributed by atoms with E-state index in [1.165, 1.54) is 0 Å². The Balaban J connectivity index is 1.82. The van der Waals surface area contributed by atoms with Crippen molar-refractivity contribution >= 4 is 5.91 Å². The SMILES string of the molecule is COc1ccc([C@@H](C)NC(=O)CN2CCCNCC2)cc1. The fraction of sp³-hybridized carbons (Fsp3) is 0.562. The third-order valence-electron chi connectivity index (χ3n) is 3.79. The van der Waals surface area contributed by atoms with Gasteiger partial charge in [-0.2, -0.15) is 0 Å². The van der Waals surface area contributed by atoms with Crippen LogP contribution in [0.15, 0.2) is 24.3 Å². The molecule has 0 radical (unpaired) electrons. The van der Waals surface area contributed by atoms with E-state index < -0.39 is 0 Å². The van der Waals surface area contributed by atoms with Crippen LogP contribution in [0.25, 0.3) is 0 Å². The number of carbonyl (C=O) groups is 1. The van der Waals surface area contributed by atoms with Gasteiger partial charge in [-0.15, -0.1) is 0 Å². The minimum Gasteiger partial charge on any atom is -0.497 e. The Morgan fingerprint density at radius 1 is 1.33 bits per heavy atom. The topological polar surface area (TPSA) is 53.6 Å². The quantitative estimate of drug-likeness (QED) is 0.855. The maximum absolute atomic E-state index is 12.1. The second-order valence-corrected chi connectivity index (χ2v) is 5.44. The molecule has 1 aromatic carbocycles. The van der Waals surface area contributed by atoms with Crippen molar-refractivity contribution in [3.63, 3.8) is 0 Å². The summed E-state index contributed by atoms with van der Waals surface area (Å²) in [6, 6.07) is 7.81. The zero-order chi connectivity index (χ0) is 15.1.